The Bertz CT molecular complexity index is 643. The molecule has 30 heavy (non-hydrogen) atoms. The number of fused-ring (bicyclic) bond motifs is 1. The zero-order chi connectivity index (χ0) is 22.1. The first-order chi connectivity index (χ1) is 14.0. The molecular weight excluding hydrogens is 409 g/mol. The van der Waals surface area contributed by atoms with Crippen molar-refractivity contribution in [1.82, 2.24) is 21.5 Å². The van der Waals surface area contributed by atoms with Crippen molar-refractivity contribution in [2.45, 2.75) is 89.1 Å². The van der Waals surface area contributed by atoms with Crippen LogP contribution in [-0.2, 0) is 4.79 Å². The van der Waals surface area contributed by atoms with Crippen LogP contribution in [0.15, 0.2) is 4.99 Å². The normalized spacial score (nSPS) is 37.7. The molecule has 1 aliphatic heterocycles. The molecule has 3 fully saturated rings. The maximum Gasteiger partial charge on any atom is 0.391 e. The first-order valence-electron chi connectivity index (χ1n) is 10.6. The van der Waals surface area contributed by atoms with Crippen molar-refractivity contribution >= 4 is 11.9 Å². The SMILES string of the molecule is CC(C)N/C(=N\C1NNC2CC(C(F)(F)F)CCC21)NC(=O)C1CCC(F)C(F)C1. The number of amides is 1. The minimum atomic E-state index is -4.21. The van der Waals surface area contributed by atoms with E-state index in [1.165, 1.54) is 0 Å². The number of hydrogen-bond donors (Lipinski definition) is 4. The van der Waals surface area contributed by atoms with Gasteiger partial charge in [-0.25, -0.2) is 19.2 Å². The minimum Gasteiger partial charge on any atom is -0.354 e. The molecule has 7 unspecified atom stereocenters. The fraction of sp³-hybridized carbons (Fsp3) is 0.895. The van der Waals surface area contributed by atoms with E-state index in [2.05, 4.69) is 26.5 Å². The van der Waals surface area contributed by atoms with Gasteiger partial charge in [0.15, 0.2) is 5.96 Å². The van der Waals surface area contributed by atoms with Gasteiger partial charge in [0.2, 0.25) is 5.91 Å². The van der Waals surface area contributed by atoms with Crippen LogP contribution in [0.4, 0.5) is 22.0 Å². The van der Waals surface area contributed by atoms with Gasteiger partial charge >= 0.3 is 6.18 Å². The maximum absolute atomic E-state index is 13.7. The number of carbonyl (C=O) groups excluding carboxylic acids is 1. The van der Waals surface area contributed by atoms with Crippen LogP contribution in [0, 0.1) is 17.8 Å². The summed E-state index contributed by atoms with van der Waals surface area (Å²) in [6.07, 6.45) is -7.42. The highest BCUT2D eigenvalue weighted by Gasteiger charge is 2.48. The van der Waals surface area contributed by atoms with Crippen LogP contribution in [-0.4, -0.2) is 48.6 Å². The molecule has 1 heterocycles. The Morgan fingerprint density at radius 3 is 2.40 bits per heavy atom. The van der Waals surface area contributed by atoms with Crippen molar-refractivity contribution in [3.8, 4) is 0 Å². The number of nitrogens with zero attached hydrogens (tertiary/aromatic N) is 1. The lowest BCUT2D eigenvalue weighted by Crippen LogP contribution is -2.49. The van der Waals surface area contributed by atoms with E-state index in [1.54, 1.807) is 0 Å². The van der Waals surface area contributed by atoms with E-state index in [0.29, 0.717) is 6.42 Å². The molecular formula is C19H30F5N5O. The standard InChI is InChI=1S/C19H30F5N5O/c1-9(2)25-18(27-17(30)10-3-6-13(20)14(21)7-10)26-16-12-5-4-11(19(22,23)24)8-15(12)28-29-16/h9-16,28-29H,3-8H2,1-2H3,(H2,25,26,27,30). The first-order valence-corrected chi connectivity index (χ1v) is 10.6. The fourth-order valence-electron chi connectivity index (χ4n) is 4.52. The Morgan fingerprint density at radius 2 is 1.77 bits per heavy atom. The highest BCUT2D eigenvalue weighted by Crippen LogP contribution is 2.42. The Balaban J connectivity index is 1.65. The van der Waals surface area contributed by atoms with Crippen molar-refractivity contribution in [3.05, 3.63) is 0 Å². The molecule has 0 aromatic carbocycles. The van der Waals surface area contributed by atoms with Crippen LogP contribution in [0.5, 0.6) is 0 Å². The molecule has 3 aliphatic rings. The highest BCUT2D eigenvalue weighted by atomic mass is 19.4. The van der Waals surface area contributed by atoms with Gasteiger partial charge in [-0.15, -0.1) is 0 Å². The van der Waals surface area contributed by atoms with Gasteiger partial charge in [0.05, 0.1) is 5.92 Å². The molecule has 1 saturated heterocycles. The third-order valence-corrected chi connectivity index (χ3v) is 6.19. The average Bonchev–Trinajstić information content (AvgIpc) is 3.04. The van der Waals surface area contributed by atoms with Gasteiger partial charge in [-0.1, -0.05) is 0 Å². The summed E-state index contributed by atoms with van der Waals surface area (Å²) in [5, 5.41) is 5.70. The molecule has 3 rings (SSSR count). The van der Waals surface area contributed by atoms with Crippen LogP contribution in [0.3, 0.4) is 0 Å². The van der Waals surface area contributed by atoms with E-state index in [4.69, 9.17) is 0 Å². The number of hydrogen-bond acceptors (Lipinski definition) is 4. The van der Waals surface area contributed by atoms with E-state index < -0.39 is 42.4 Å². The lowest BCUT2D eigenvalue weighted by atomic mass is 9.78. The minimum absolute atomic E-state index is 0.00155. The molecule has 2 saturated carbocycles. The number of nitrogens with one attached hydrogen (secondary N) is 4. The molecule has 2 aliphatic carbocycles. The summed E-state index contributed by atoms with van der Waals surface area (Å²) in [5.74, 6) is -2.36. The topological polar surface area (TPSA) is 77.6 Å². The smallest absolute Gasteiger partial charge is 0.354 e. The Hall–Kier alpha value is -1.49. The third-order valence-electron chi connectivity index (χ3n) is 6.19. The second kappa shape index (κ2) is 9.33. The van der Waals surface area contributed by atoms with Crippen molar-refractivity contribution in [1.29, 1.82) is 0 Å². The predicted octanol–water partition coefficient (Wildman–Crippen LogP) is 2.71. The predicted molar refractivity (Wildman–Crippen MR) is 102 cm³/mol. The van der Waals surface area contributed by atoms with Crippen LogP contribution in [0.25, 0.3) is 0 Å². The number of halogens is 5. The fourth-order valence-corrected chi connectivity index (χ4v) is 4.52. The zero-order valence-corrected chi connectivity index (χ0v) is 17.1. The molecule has 0 spiro atoms. The Kier molecular flexibility index (Phi) is 7.21. The summed E-state index contributed by atoms with van der Waals surface area (Å²) in [5.41, 5.74) is 5.84. The maximum atomic E-state index is 13.7. The van der Waals surface area contributed by atoms with Crippen molar-refractivity contribution < 1.29 is 26.7 Å². The summed E-state index contributed by atoms with van der Waals surface area (Å²) in [6.45, 7) is 3.70. The van der Waals surface area contributed by atoms with Gasteiger partial charge < -0.3 is 5.32 Å². The van der Waals surface area contributed by atoms with Crippen LogP contribution in [0.2, 0.25) is 0 Å². The van der Waals surface area contributed by atoms with Gasteiger partial charge in [0.25, 0.3) is 0 Å². The number of carbonyl (C=O) groups is 1. The molecule has 172 valence electrons. The average molecular weight is 439 g/mol. The summed E-state index contributed by atoms with van der Waals surface area (Å²) < 4.78 is 66.1. The van der Waals surface area contributed by atoms with Crippen LogP contribution in [0.1, 0.15) is 52.4 Å². The van der Waals surface area contributed by atoms with E-state index in [1.807, 2.05) is 13.8 Å². The molecule has 1 amide bonds. The summed E-state index contributed by atoms with van der Waals surface area (Å²) in [7, 11) is 0. The lowest BCUT2D eigenvalue weighted by Gasteiger charge is -2.33. The van der Waals surface area contributed by atoms with Gasteiger partial charge in [-0.2, -0.15) is 13.2 Å². The summed E-state index contributed by atoms with van der Waals surface area (Å²) >= 11 is 0. The van der Waals surface area contributed by atoms with E-state index in [9.17, 15) is 26.7 Å². The van der Waals surface area contributed by atoms with Crippen molar-refractivity contribution in [3.63, 3.8) is 0 Å². The molecule has 0 bridgehead atoms. The zero-order valence-electron chi connectivity index (χ0n) is 17.1. The Labute approximate surface area is 172 Å². The number of hydrazine groups is 1. The number of aliphatic imine (C=N–C) groups is 1. The van der Waals surface area contributed by atoms with E-state index in [0.717, 1.165) is 0 Å². The van der Waals surface area contributed by atoms with Crippen LogP contribution >= 0.6 is 0 Å². The first kappa shape index (κ1) is 23.2. The largest absolute Gasteiger partial charge is 0.391 e. The lowest BCUT2D eigenvalue weighted by molar-refractivity contribution is -0.185. The molecule has 0 radical (unpaired) electrons. The Morgan fingerprint density at radius 1 is 1.03 bits per heavy atom. The monoisotopic (exact) mass is 439 g/mol. The van der Waals surface area contributed by atoms with Crippen molar-refractivity contribution in [2.24, 2.45) is 22.7 Å². The number of rotatable bonds is 3. The quantitative estimate of drug-likeness (QED) is 0.310. The second-order valence-electron chi connectivity index (χ2n) is 8.86. The summed E-state index contributed by atoms with van der Waals surface area (Å²) in [4.78, 5) is 17.1. The molecule has 4 N–H and O–H groups in total. The highest BCUT2D eigenvalue weighted by molar-refractivity contribution is 5.98. The molecule has 0 aromatic rings. The van der Waals surface area contributed by atoms with E-state index in [-0.39, 0.29) is 56.1 Å². The molecule has 6 nitrogen and oxygen atoms in total. The third kappa shape index (κ3) is 5.60. The number of alkyl halides is 5. The molecule has 11 heteroatoms. The molecule has 0 aromatic heterocycles. The second-order valence-corrected chi connectivity index (χ2v) is 8.86. The van der Waals surface area contributed by atoms with Gasteiger partial charge in [-0.05, 0) is 52.4 Å². The molecule has 7 atom stereocenters. The van der Waals surface area contributed by atoms with Gasteiger partial charge in [0.1, 0.15) is 18.5 Å². The van der Waals surface area contributed by atoms with E-state index >= 15 is 0 Å². The summed E-state index contributed by atoms with van der Waals surface area (Å²) in [6, 6.07) is -0.423. The van der Waals surface area contributed by atoms with Crippen LogP contribution < -0.4 is 21.5 Å². The number of guanidine groups is 1. The van der Waals surface area contributed by atoms with Gasteiger partial charge in [0, 0.05) is 23.9 Å². The van der Waals surface area contributed by atoms with Gasteiger partial charge in [-0.3, -0.25) is 15.5 Å². The van der Waals surface area contributed by atoms with Crippen molar-refractivity contribution in [2.75, 3.05) is 0 Å².